The topological polar surface area (TPSA) is 127 Å². The number of hydrogen-bond donors (Lipinski definition) is 2. The predicted octanol–water partition coefficient (Wildman–Crippen LogP) is 6.73. The Hall–Kier alpha value is -1.84. The summed E-state index contributed by atoms with van der Waals surface area (Å²) in [6, 6.07) is 0. The third-order valence-corrected chi connectivity index (χ3v) is 4.21. The van der Waals surface area contributed by atoms with Crippen LogP contribution in [0, 0.1) is 0 Å². The van der Waals surface area contributed by atoms with Crippen molar-refractivity contribution in [2.45, 2.75) is 119 Å². The molecule has 0 aliphatic carbocycles. The van der Waals surface area contributed by atoms with E-state index in [0.29, 0.717) is 0 Å². The molecule has 0 aliphatic heterocycles. The number of carboxylic acid groups (broad SMARTS) is 2. The zero-order chi connectivity index (χ0) is 28.5. The first kappa shape index (κ1) is 45.1. The van der Waals surface area contributed by atoms with Gasteiger partial charge in [0.1, 0.15) is 0 Å². The molecule has 0 aromatic rings. The van der Waals surface area contributed by atoms with Crippen molar-refractivity contribution in [3.05, 3.63) is 24.3 Å². The molecule has 0 spiro atoms. The zero-order valence-electron chi connectivity index (χ0n) is 24.1. The minimum atomic E-state index is -1.16. The summed E-state index contributed by atoms with van der Waals surface area (Å²) in [5.41, 5.74) is 0. The van der Waals surface area contributed by atoms with Gasteiger partial charge in [0.05, 0.1) is 13.2 Å². The third kappa shape index (κ3) is 60.5. The number of ether oxygens (including phenoxy) is 2. The SMILES string of the molecule is CCCCCCCC.CCCCCCCC.CCOC(=O)/C=C/C(=O)O.CCOC(=O)/C=C/C(=O)O.[Sn]. The van der Waals surface area contributed by atoms with E-state index in [-0.39, 0.29) is 37.1 Å². The Morgan fingerprint density at radius 3 is 0.892 bits per heavy atom. The molecule has 0 aromatic heterocycles. The fraction of sp³-hybridized carbons (Fsp3) is 0.714. The zero-order valence-corrected chi connectivity index (χ0v) is 26.9. The van der Waals surface area contributed by atoms with E-state index < -0.39 is 23.9 Å². The van der Waals surface area contributed by atoms with Gasteiger partial charge in [0.15, 0.2) is 0 Å². The summed E-state index contributed by atoms with van der Waals surface area (Å²) in [7, 11) is 0. The van der Waals surface area contributed by atoms with E-state index in [9.17, 15) is 19.2 Å². The minimum Gasteiger partial charge on any atom is -0.478 e. The van der Waals surface area contributed by atoms with Gasteiger partial charge in [0, 0.05) is 48.2 Å². The Morgan fingerprint density at radius 2 is 0.730 bits per heavy atom. The smallest absolute Gasteiger partial charge is 0.330 e. The first-order chi connectivity index (χ1) is 17.2. The fourth-order valence-corrected chi connectivity index (χ4v) is 2.37. The number of esters is 2. The minimum absolute atomic E-state index is 0. The second-order valence-corrected chi connectivity index (χ2v) is 7.68. The average Bonchev–Trinajstić information content (AvgIpc) is 2.84. The molecular formula is C28H52O8Sn. The maximum Gasteiger partial charge on any atom is 0.330 e. The van der Waals surface area contributed by atoms with Crippen molar-refractivity contribution in [1.82, 2.24) is 0 Å². The van der Waals surface area contributed by atoms with Crippen molar-refractivity contribution < 1.29 is 38.9 Å². The summed E-state index contributed by atoms with van der Waals surface area (Å²) < 4.78 is 8.81. The molecule has 9 heteroatoms. The van der Waals surface area contributed by atoms with Gasteiger partial charge in [-0.1, -0.05) is 105 Å². The Balaban J connectivity index is -0.000000123. The van der Waals surface area contributed by atoms with Crippen LogP contribution in [0.15, 0.2) is 24.3 Å². The van der Waals surface area contributed by atoms with Gasteiger partial charge in [0.25, 0.3) is 0 Å². The summed E-state index contributed by atoms with van der Waals surface area (Å²) in [4.78, 5) is 40.4. The van der Waals surface area contributed by atoms with Gasteiger partial charge in [-0.2, -0.15) is 0 Å². The summed E-state index contributed by atoms with van der Waals surface area (Å²) in [6.45, 7) is 12.8. The van der Waals surface area contributed by atoms with Crippen molar-refractivity contribution in [1.29, 1.82) is 0 Å². The predicted molar refractivity (Wildman–Crippen MR) is 151 cm³/mol. The largest absolute Gasteiger partial charge is 0.478 e. The van der Waals surface area contributed by atoms with Crippen LogP contribution in [-0.4, -0.2) is 71.2 Å². The van der Waals surface area contributed by atoms with Gasteiger partial charge in [0.2, 0.25) is 0 Å². The number of aliphatic carboxylic acids is 2. The van der Waals surface area contributed by atoms with E-state index in [4.69, 9.17) is 10.2 Å². The number of rotatable bonds is 16. The summed E-state index contributed by atoms with van der Waals surface area (Å²) in [6.07, 6.45) is 20.2. The molecule has 0 saturated heterocycles. The first-order valence-electron chi connectivity index (χ1n) is 13.3. The Morgan fingerprint density at radius 1 is 0.486 bits per heavy atom. The van der Waals surface area contributed by atoms with E-state index in [1.54, 1.807) is 13.8 Å². The summed E-state index contributed by atoms with van der Waals surface area (Å²) >= 11 is 0. The maximum atomic E-state index is 10.4. The molecular weight excluding hydrogens is 583 g/mol. The molecule has 0 rings (SSSR count). The molecule has 0 atom stereocenters. The van der Waals surface area contributed by atoms with Crippen LogP contribution < -0.4 is 0 Å². The molecule has 0 bridgehead atoms. The third-order valence-electron chi connectivity index (χ3n) is 4.21. The van der Waals surface area contributed by atoms with Gasteiger partial charge in [-0.15, -0.1) is 0 Å². The number of carboxylic acids is 2. The van der Waals surface area contributed by atoms with E-state index in [1.807, 2.05) is 0 Å². The van der Waals surface area contributed by atoms with Gasteiger partial charge in [-0.25, -0.2) is 19.2 Å². The summed E-state index contributed by atoms with van der Waals surface area (Å²) in [5, 5.41) is 16.1. The standard InChI is InChI=1S/2C8H18.2C6H8O4.Sn/c2*1-3-5-7-8-6-4-2;2*1-2-10-6(9)4-3-5(7)8;/h2*3-8H2,1-2H3;2*3-4H,2H2,1H3,(H,7,8);/b;;2*4-3+;. The molecule has 0 aromatic carbocycles. The fourth-order valence-electron chi connectivity index (χ4n) is 2.37. The molecule has 4 radical (unpaired) electrons. The number of unbranched alkanes of at least 4 members (excludes halogenated alkanes) is 10. The molecule has 37 heavy (non-hydrogen) atoms. The van der Waals surface area contributed by atoms with Crippen molar-refractivity contribution >= 4 is 47.8 Å². The van der Waals surface area contributed by atoms with Crippen LogP contribution >= 0.6 is 0 Å². The summed E-state index contributed by atoms with van der Waals surface area (Å²) in [5.74, 6) is -3.59. The average molecular weight is 635 g/mol. The second-order valence-electron chi connectivity index (χ2n) is 7.68. The van der Waals surface area contributed by atoms with Gasteiger partial charge in [-0.05, 0) is 13.8 Å². The Kier molecular flexibility index (Phi) is 50.3. The van der Waals surface area contributed by atoms with E-state index in [0.717, 1.165) is 24.3 Å². The van der Waals surface area contributed by atoms with Crippen molar-refractivity contribution in [3.63, 3.8) is 0 Å². The van der Waals surface area contributed by atoms with E-state index >= 15 is 0 Å². The van der Waals surface area contributed by atoms with Crippen LogP contribution in [0.4, 0.5) is 0 Å². The Bertz CT molecular complexity index is 513. The van der Waals surface area contributed by atoms with Crippen LogP contribution in [-0.2, 0) is 28.7 Å². The molecule has 216 valence electrons. The Labute approximate surface area is 242 Å². The van der Waals surface area contributed by atoms with Crippen molar-refractivity contribution in [3.8, 4) is 0 Å². The van der Waals surface area contributed by atoms with Gasteiger partial charge in [-0.3, -0.25) is 0 Å². The van der Waals surface area contributed by atoms with Crippen LogP contribution in [0.1, 0.15) is 119 Å². The molecule has 0 amide bonds. The molecule has 2 N–H and O–H groups in total. The van der Waals surface area contributed by atoms with Crippen LogP contribution in [0.25, 0.3) is 0 Å². The molecule has 0 saturated carbocycles. The van der Waals surface area contributed by atoms with Gasteiger partial charge < -0.3 is 19.7 Å². The molecule has 8 nitrogen and oxygen atoms in total. The van der Waals surface area contributed by atoms with Crippen molar-refractivity contribution in [2.75, 3.05) is 13.2 Å². The molecule has 0 unspecified atom stereocenters. The van der Waals surface area contributed by atoms with Crippen molar-refractivity contribution in [2.24, 2.45) is 0 Å². The van der Waals surface area contributed by atoms with E-state index in [1.165, 1.54) is 77.0 Å². The van der Waals surface area contributed by atoms with Crippen LogP contribution in [0.3, 0.4) is 0 Å². The molecule has 0 fully saturated rings. The van der Waals surface area contributed by atoms with Gasteiger partial charge >= 0.3 is 23.9 Å². The number of hydrogen-bond acceptors (Lipinski definition) is 6. The first-order valence-corrected chi connectivity index (χ1v) is 13.3. The maximum absolute atomic E-state index is 10.4. The normalized spacial score (nSPS) is 9.46. The molecule has 0 aliphatic rings. The molecule has 0 heterocycles. The quantitative estimate of drug-likeness (QED) is 0.0827. The monoisotopic (exact) mass is 636 g/mol. The van der Waals surface area contributed by atoms with Crippen LogP contribution in [0.5, 0.6) is 0 Å². The van der Waals surface area contributed by atoms with E-state index in [2.05, 4.69) is 37.2 Å². The van der Waals surface area contributed by atoms with Crippen LogP contribution in [0.2, 0.25) is 0 Å². The number of carbonyl (C=O) groups excluding carboxylic acids is 2. The number of carbonyl (C=O) groups is 4. The second kappa shape index (κ2) is 41.3.